The molecular weight excluding hydrogens is 176 g/mol. The summed E-state index contributed by atoms with van der Waals surface area (Å²) in [5.41, 5.74) is 7.80. The van der Waals surface area contributed by atoms with Gasteiger partial charge in [0.15, 0.2) is 0 Å². The lowest BCUT2D eigenvalue weighted by Gasteiger charge is -2.29. The Morgan fingerprint density at radius 3 is 1.36 bits per heavy atom. The molecule has 1 saturated heterocycles. The van der Waals surface area contributed by atoms with E-state index in [0.29, 0.717) is 0 Å². The Bertz CT molecular complexity index is 116. The van der Waals surface area contributed by atoms with E-state index in [1.165, 1.54) is 52.1 Å². The average Bonchev–Trinajstić information content (AvgIpc) is 2.25. The van der Waals surface area contributed by atoms with Gasteiger partial charge < -0.3 is 21.3 Å². The minimum Gasteiger partial charge on any atom is -0.357 e. The van der Waals surface area contributed by atoms with Crippen molar-refractivity contribution < 1.29 is 21.3 Å². The van der Waals surface area contributed by atoms with E-state index >= 15 is 0 Å². The van der Waals surface area contributed by atoms with Crippen LogP contribution in [0.5, 0.6) is 0 Å². The lowest BCUT2D eigenvalue weighted by atomic mass is 10.2. The molecule has 14 heavy (non-hydrogen) atoms. The molecule has 0 radical (unpaired) electrons. The van der Waals surface area contributed by atoms with Gasteiger partial charge in [-0.05, 0) is 0 Å². The summed E-state index contributed by atoms with van der Waals surface area (Å²) in [7, 11) is 0. The lowest BCUT2D eigenvalue weighted by Crippen LogP contribution is -3.28. The number of nitrogens with one attached hydrogen (secondary N) is 2. The topological polar surface area (TPSA) is 64.2 Å². The molecule has 0 aromatic heterocycles. The van der Waals surface area contributed by atoms with Gasteiger partial charge in [0, 0.05) is 12.8 Å². The Balaban J connectivity index is 2.05. The minimum atomic E-state index is 1.10. The first kappa shape index (κ1) is 11.9. The molecule has 1 aliphatic heterocycles. The fourth-order valence-electron chi connectivity index (χ4n) is 2.21. The monoisotopic (exact) mass is 204 g/mol. The van der Waals surface area contributed by atoms with Gasteiger partial charge in [0.2, 0.25) is 0 Å². The third-order valence-corrected chi connectivity index (χ3v) is 3.22. The normalized spacial score (nSPS) is 27.9. The first-order chi connectivity index (χ1) is 6.86. The van der Waals surface area contributed by atoms with Crippen molar-refractivity contribution in [2.45, 2.75) is 12.8 Å². The maximum absolute atomic E-state index is 3.90. The molecule has 1 fully saturated rings. The van der Waals surface area contributed by atoms with Crippen LogP contribution in [0.1, 0.15) is 12.8 Å². The second kappa shape index (κ2) is 7.17. The highest BCUT2D eigenvalue weighted by Gasteiger charge is 2.21. The van der Waals surface area contributed by atoms with Crippen molar-refractivity contribution in [3.8, 4) is 0 Å². The van der Waals surface area contributed by atoms with E-state index < -0.39 is 0 Å². The molecule has 1 rings (SSSR count). The van der Waals surface area contributed by atoms with Crippen molar-refractivity contribution in [2.24, 2.45) is 0 Å². The summed E-state index contributed by atoms with van der Waals surface area (Å²) in [4.78, 5) is 3.60. The predicted octanol–water partition coefficient (Wildman–Crippen LogP) is -4.97. The van der Waals surface area contributed by atoms with Crippen LogP contribution in [0.3, 0.4) is 0 Å². The fourth-order valence-corrected chi connectivity index (χ4v) is 2.21. The van der Waals surface area contributed by atoms with E-state index in [2.05, 4.69) is 11.5 Å². The van der Waals surface area contributed by atoms with Gasteiger partial charge in [0.25, 0.3) is 0 Å². The predicted molar refractivity (Wildman–Crippen MR) is 55.9 cm³/mol. The van der Waals surface area contributed by atoms with Gasteiger partial charge in [0.05, 0.1) is 26.2 Å². The van der Waals surface area contributed by atoms with Gasteiger partial charge >= 0.3 is 0 Å². The highest BCUT2D eigenvalue weighted by molar-refractivity contribution is 4.40. The van der Waals surface area contributed by atoms with E-state index in [1.807, 2.05) is 0 Å². The molecule has 0 aliphatic carbocycles. The zero-order valence-corrected chi connectivity index (χ0v) is 9.49. The van der Waals surface area contributed by atoms with Crippen LogP contribution in [0.15, 0.2) is 0 Å². The Hall–Kier alpha value is -0.160. The van der Waals surface area contributed by atoms with Crippen molar-refractivity contribution in [1.29, 1.82) is 0 Å². The largest absolute Gasteiger partial charge is 0.357 e. The van der Waals surface area contributed by atoms with Crippen LogP contribution in [-0.4, -0.2) is 52.4 Å². The average molecular weight is 204 g/mol. The summed E-state index contributed by atoms with van der Waals surface area (Å²) in [5, 5.41) is 0. The molecule has 4 nitrogen and oxygen atoms in total. The maximum Gasteiger partial charge on any atom is 0.127 e. The molecule has 0 amide bonds. The molecule has 84 valence electrons. The molecule has 0 bridgehead atoms. The van der Waals surface area contributed by atoms with Gasteiger partial charge in [-0.25, -0.2) is 0 Å². The molecule has 4 heteroatoms. The first-order valence-electron chi connectivity index (χ1n) is 6.12. The van der Waals surface area contributed by atoms with Crippen LogP contribution < -0.4 is 21.3 Å². The molecular formula is C10H28N4+4. The number of piperazine rings is 1. The van der Waals surface area contributed by atoms with Crippen molar-refractivity contribution in [2.75, 3.05) is 52.4 Å². The summed E-state index contributed by atoms with van der Waals surface area (Å²) in [6.07, 6.45) is 2.59. The minimum absolute atomic E-state index is 1.10. The molecule has 1 aliphatic rings. The lowest BCUT2D eigenvalue weighted by molar-refractivity contribution is -1.01. The van der Waals surface area contributed by atoms with Gasteiger partial charge in [-0.1, -0.05) is 0 Å². The summed E-state index contributed by atoms with van der Waals surface area (Å²) < 4.78 is 0. The van der Waals surface area contributed by atoms with E-state index in [9.17, 15) is 0 Å². The van der Waals surface area contributed by atoms with Crippen LogP contribution in [0, 0.1) is 0 Å². The Kier molecular flexibility index (Phi) is 6.10. The second-order valence-corrected chi connectivity index (χ2v) is 4.41. The van der Waals surface area contributed by atoms with Gasteiger partial charge in [-0.3, -0.25) is 0 Å². The van der Waals surface area contributed by atoms with E-state index in [-0.39, 0.29) is 0 Å². The van der Waals surface area contributed by atoms with Crippen molar-refractivity contribution in [3.05, 3.63) is 0 Å². The molecule has 0 spiro atoms. The summed E-state index contributed by atoms with van der Waals surface area (Å²) in [6, 6.07) is 0. The maximum atomic E-state index is 3.90. The zero-order valence-electron chi connectivity index (χ0n) is 9.49. The molecule has 1 heterocycles. The van der Waals surface area contributed by atoms with E-state index in [0.717, 1.165) is 13.1 Å². The highest BCUT2D eigenvalue weighted by atomic mass is 15.3. The Morgan fingerprint density at radius 2 is 1.07 bits per heavy atom. The van der Waals surface area contributed by atoms with Crippen molar-refractivity contribution in [3.63, 3.8) is 0 Å². The van der Waals surface area contributed by atoms with Crippen LogP contribution in [0.25, 0.3) is 0 Å². The number of hydrogen-bond donors (Lipinski definition) is 4. The fraction of sp³-hybridized carbons (Fsp3) is 1.00. The third-order valence-electron chi connectivity index (χ3n) is 3.22. The number of quaternary nitrogens is 4. The molecule has 8 N–H and O–H groups in total. The van der Waals surface area contributed by atoms with Crippen LogP contribution >= 0.6 is 0 Å². The molecule has 0 unspecified atom stereocenters. The number of rotatable bonds is 6. The van der Waals surface area contributed by atoms with Gasteiger partial charge in [0.1, 0.15) is 26.2 Å². The van der Waals surface area contributed by atoms with Crippen LogP contribution in [-0.2, 0) is 0 Å². The summed E-state index contributed by atoms with van der Waals surface area (Å²) in [6.45, 7) is 10.3. The highest BCUT2D eigenvalue weighted by Crippen LogP contribution is 1.68. The third kappa shape index (κ3) is 4.37. The Morgan fingerprint density at radius 1 is 0.714 bits per heavy atom. The smallest absolute Gasteiger partial charge is 0.127 e. The quantitative estimate of drug-likeness (QED) is 0.335. The summed E-state index contributed by atoms with van der Waals surface area (Å²) in [5.74, 6) is 0. The SMILES string of the molecule is [NH3+]CCC[NH+]1CC[NH+](CCC[NH3+])CC1. The van der Waals surface area contributed by atoms with E-state index in [1.54, 1.807) is 9.80 Å². The molecule has 0 aromatic carbocycles. The molecule has 0 atom stereocenters. The summed E-state index contributed by atoms with van der Waals surface area (Å²) >= 11 is 0. The molecule has 0 saturated carbocycles. The zero-order chi connectivity index (χ0) is 10.2. The standard InChI is InChI=1S/C10H24N4/c11-3-1-5-13-7-9-14(10-8-13)6-2-4-12/h1-12H2/p+4. The first-order valence-corrected chi connectivity index (χ1v) is 6.12. The van der Waals surface area contributed by atoms with Crippen molar-refractivity contribution >= 4 is 0 Å². The van der Waals surface area contributed by atoms with Crippen LogP contribution in [0.2, 0.25) is 0 Å². The molecule has 0 aromatic rings. The van der Waals surface area contributed by atoms with Gasteiger partial charge in [-0.2, -0.15) is 0 Å². The number of hydrogen-bond acceptors (Lipinski definition) is 0. The van der Waals surface area contributed by atoms with Crippen LogP contribution in [0.4, 0.5) is 0 Å². The van der Waals surface area contributed by atoms with Crippen molar-refractivity contribution in [1.82, 2.24) is 0 Å². The van der Waals surface area contributed by atoms with E-state index in [4.69, 9.17) is 0 Å². The van der Waals surface area contributed by atoms with Gasteiger partial charge in [-0.15, -0.1) is 0 Å². The second-order valence-electron chi connectivity index (χ2n) is 4.41. The Labute approximate surface area is 87.2 Å².